The number of aromatic nitrogens is 2. The third-order valence-corrected chi connectivity index (χ3v) is 5.21. The molecule has 1 atom stereocenters. The highest BCUT2D eigenvalue weighted by molar-refractivity contribution is 9.10. The lowest BCUT2D eigenvalue weighted by Crippen LogP contribution is -2.23. The lowest BCUT2D eigenvalue weighted by atomic mass is 10.2. The molecule has 0 spiro atoms. The molecule has 1 unspecified atom stereocenters. The smallest absolute Gasteiger partial charge is 0.266 e. The summed E-state index contributed by atoms with van der Waals surface area (Å²) < 4.78 is 2.30. The molecule has 0 saturated heterocycles. The molecule has 5 nitrogen and oxygen atoms in total. The van der Waals surface area contributed by atoms with Gasteiger partial charge in [0.05, 0.1) is 29.3 Å². The van der Waals surface area contributed by atoms with Gasteiger partial charge in [-0.2, -0.15) is 0 Å². The predicted octanol–water partition coefficient (Wildman–Crippen LogP) is 2.59. The lowest BCUT2D eigenvalue weighted by Gasteiger charge is -2.15. The second kappa shape index (κ2) is 7.48. The molecule has 0 aliphatic carbocycles. The van der Waals surface area contributed by atoms with Crippen molar-refractivity contribution in [3.05, 3.63) is 63.4 Å². The molecule has 124 valence electrons. The number of halogens is 1. The van der Waals surface area contributed by atoms with E-state index in [2.05, 4.69) is 20.9 Å². The molecule has 0 radical (unpaired) electrons. The average molecular weight is 407 g/mol. The van der Waals surface area contributed by atoms with Crippen LogP contribution in [0.25, 0.3) is 16.6 Å². The fraction of sp³-hybridized carbons (Fsp3) is 0.176. The van der Waals surface area contributed by atoms with E-state index >= 15 is 0 Å². The van der Waals surface area contributed by atoms with E-state index in [0.717, 1.165) is 4.47 Å². The molecule has 0 fully saturated rings. The first-order valence-corrected chi connectivity index (χ1v) is 9.08. The summed E-state index contributed by atoms with van der Waals surface area (Å²) in [6.45, 7) is -0.333. The van der Waals surface area contributed by atoms with Crippen LogP contribution >= 0.6 is 27.7 Å². The zero-order valence-electron chi connectivity index (χ0n) is 12.6. The van der Waals surface area contributed by atoms with E-state index in [1.54, 1.807) is 18.2 Å². The van der Waals surface area contributed by atoms with Gasteiger partial charge in [-0.1, -0.05) is 36.0 Å². The highest BCUT2D eigenvalue weighted by Crippen LogP contribution is 2.26. The van der Waals surface area contributed by atoms with Crippen molar-refractivity contribution in [2.24, 2.45) is 0 Å². The van der Waals surface area contributed by atoms with Crippen LogP contribution in [0.15, 0.2) is 63.0 Å². The van der Waals surface area contributed by atoms with Gasteiger partial charge in [-0.25, -0.2) is 4.98 Å². The van der Waals surface area contributed by atoms with Crippen LogP contribution in [-0.4, -0.2) is 38.2 Å². The van der Waals surface area contributed by atoms with Gasteiger partial charge in [0.25, 0.3) is 5.56 Å². The van der Waals surface area contributed by atoms with E-state index in [-0.39, 0.29) is 17.9 Å². The molecule has 2 N–H and O–H groups in total. The van der Waals surface area contributed by atoms with Crippen molar-refractivity contribution in [2.75, 3.05) is 12.4 Å². The third-order valence-electron chi connectivity index (χ3n) is 3.45. The minimum absolute atomic E-state index is 0.173. The fourth-order valence-electron chi connectivity index (χ4n) is 2.28. The Labute approximate surface area is 151 Å². The third kappa shape index (κ3) is 3.39. The van der Waals surface area contributed by atoms with Crippen LogP contribution in [0, 0.1) is 0 Å². The van der Waals surface area contributed by atoms with Crippen LogP contribution in [0.4, 0.5) is 0 Å². The fourth-order valence-corrected chi connectivity index (χ4v) is 3.66. The van der Waals surface area contributed by atoms with Crippen LogP contribution in [0.5, 0.6) is 0 Å². The molecule has 1 heterocycles. The van der Waals surface area contributed by atoms with Crippen molar-refractivity contribution < 1.29 is 10.2 Å². The number of nitrogens with zero attached hydrogens (tertiary/aromatic N) is 2. The maximum absolute atomic E-state index is 13.0. The number of fused-ring (bicyclic) bond motifs is 1. The Morgan fingerprint density at radius 1 is 1.17 bits per heavy atom. The van der Waals surface area contributed by atoms with Crippen molar-refractivity contribution in [2.45, 2.75) is 11.3 Å². The van der Waals surface area contributed by atoms with Gasteiger partial charge in [-0.05, 0) is 40.2 Å². The maximum Gasteiger partial charge on any atom is 0.266 e. The summed E-state index contributed by atoms with van der Waals surface area (Å²) in [4.78, 5) is 17.6. The molecule has 24 heavy (non-hydrogen) atoms. The van der Waals surface area contributed by atoms with E-state index in [9.17, 15) is 9.90 Å². The number of aliphatic hydroxyl groups is 2. The van der Waals surface area contributed by atoms with E-state index in [0.29, 0.717) is 21.7 Å². The standard InChI is InChI=1S/C17H15BrN2O3S/c18-13-6-2-4-8-15(13)20-16(23)12-5-1-3-7-14(12)19-17(20)24-10-11(22)9-21/h1-8,11,21-22H,9-10H2. The van der Waals surface area contributed by atoms with Crippen molar-refractivity contribution in [1.29, 1.82) is 0 Å². The Balaban J connectivity index is 2.22. The van der Waals surface area contributed by atoms with Crippen LogP contribution in [0.1, 0.15) is 0 Å². The zero-order valence-corrected chi connectivity index (χ0v) is 15.0. The number of benzene rings is 2. The minimum Gasteiger partial charge on any atom is -0.394 e. The van der Waals surface area contributed by atoms with Gasteiger partial charge < -0.3 is 10.2 Å². The first-order valence-electron chi connectivity index (χ1n) is 7.30. The SMILES string of the molecule is O=c1c2ccccc2nc(SCC(O)CO)n1-c1ccccc1Br. The maximum atomic E-state index is 13.0. The van der Waals surface area contributed by atoms with Crippen LogP contribution in [0.3, 0.4) is 0 Å². The number of para-hydroxylation sites is 2. The summed E-state index contributed by atoms with van der Waals surface area (Å²) in [5, 5.41) is 19.6. The number of hydrogen-bond acceptors (Lipinski definition) is 5. The van der Waals surface area contributed by atoms with Gasteiger partial charge in [0.2, 0.25) is 0 Å². The largest absolute Gasteiger partial charge is 0.394 e. The second-order valence-electron chi connectivity index (χ2n) is 5.15. The van der Waals surface area contributed by atoms with Gasteiger partial charge in [0.15, 0.2) is 5.16 Å². The summed E-state index contributed by atoms with van der Waals surface area (Å²) in [6, 6.07) is 14.6. The lowest BCUT2D eigenvalue weighted by molar-refractivity contribution is 0.113. The number of thioether (sulfide) groups is 1. The van der Waals surface area contributed by atoms with Gasteiger partial charge in [0.1, 0.15) is 0 Å². The summed E-state index contributed by atoms with van der Waals surface area (Å²) >= 11 is 4.71. The summed E-state index contributed by atoms with van der Waals surface area (Å²) in [6.07, 6.45) is -0.869. The molecule has 2 aromatic carbocycles. The molecule has 0 bridgehead atoms. The predicted molar refractivity (Wildman–Crippen MR) is 98.9 cm³/mol. The van der Waals surface area contributed by atoms with Crippen molar-refractivity contribution in [1.82, 2.24) is 9.55 Å². The van der Waals surface area contributed by atoms with E-state index in [1.807, 2.05) is 30.3 Å². The van der Waals surface area contributed by atoms with E-state index in [4.69, 9.17) is 5.11 Å². The van der Waals surface area contributed by atoms with E-state index < -0.39 is 6.10 Å². The van der Waals surface area contributed by atoms with Crippen LogP contribution < -0.4 is 5.56 Å². The second-order valence-corrected chi connectivity index (χ2v) is 6.99. The summed E-state index contributed by atoms with van der Waals surface area (Å²) in [5.74, 6) is 0.242. The molecule has 3 aromatic rings. The quantitative estimate of drug-likeness (QED) is 0.503. The normalized spacial score (nSPS) is 12.5. The molecule has 1 aromatic heterocycles. The summed E-state index contributed by atoms with van der Waals surface area (Å²) in [5.41, 5.74) is 1.11. The van der Waals surface area contributed by atoms with Crippen molar-refractivity contribution in [3.63, 3.8) is 0 Å². The van der Waals surface area contributed by atoms with Gasteiger partial charge in [-0.15, -0.1) is 0 Å². The van der Waals surface area contributed by atoms with Gasteiger partial charge >= 0.3 is 0 Å². The Bertz CT molecular complexity index is 929. The van der Waals surface area contributed by atoms with E-state index in [1.165, 1.54) is 16.3 Å². The van der Waals surface area contributed by atoms with Gasteiger partial charge in [0, 0.05) is 10.2 Å². The number of rotatable bonds is 5. The first-order chi connectivity index (χ1) is 11.6. The molecular formula is C17H15BrN2O3S. The Kier molecular flexibility index (Phi) is 5.35. The number of hydrogen-bond donors (Lipinski definition) is 2. The molecule has 0 aliphatic rings. The monoisotopic (exact) mass is 406 g/mol. The van der Waals surface area contributed by atoms with Crippen molar-refractivity contribution >= 4 is 38.6 Å². The minimum atomic E-state index is -0.869. The molecular weight excluding hydrogens is 392 g/mol. The zero-order chi connectivity index (χ0) is 17.1. The molecule has 0 aliphatic heterocycles. The topological polar surface area (TPSA) is 75.3 Å². The first kappa shape index (κ1) is 17.2. The van der Waals surface area contributed by atoms with Crippen LogP contribution in [-0.2, 0) is 0 Å². The molecule has 0 amide bonds. The number of aliphatic hydroxyl groups excluding tert-OH is 2. The Morgan fingerprint density at radius 3 is 2.62 bits per heavy atom. The van der Waals surface area contributed by atoms with Crippen molar-refractivity contribution in [3.8, 4) is 5.69 Å². The Hall–Kier alpha value is -1.67. The van der Waals surface area contributed by atoms with Gasteiger partial charge in [-0.3, -0.25) is 9.36 Å². The highest BCUT2D eigenvalue weighted by atomic mass is 79.9. The average Bonchev–Trinajstić information content (AvgIpc) is 2.61. The Morgan fingerprint density at radius 2 is 1.88 bits per heavy atom. The summed E-state index contributed by atoms with van der Waals surface area (Å²) in [7, 11) is 0. The molecule has 0 saturated carbocycles. The molecule has 7 heteroatoms. The van der Waals surface area contributed by atoms with Crippen LogP contribution in [0.2, 0.25) is 0 Å². The molecule has 3 rings (SSSR count). The highest BCUT2D eigenvalue weighted by Gasteiger charge is 2.16.